The van der Waals surface area contributed by atoms with Gasteiger partial charge >= 0.3 is 0 Å². The van der Waals surface area contributed by atoms with Gasteiger partial charge < -0.3 is 10.1 Å². The van der Waals surface area contributed by atoms with Crippen LogP contribution in [0.15, 0.2) is 29.3 Å². The number of benzene rings is 1. The number of ether oxygens (including phenoxy) is 1. The summed E-state index contributed by atoms with van der Waals surface area (Å²) < 4.78 is 5.05. The second-order valence-electron chi connectivity index (χ2n) is 4.11. The summed E-state index contributed by atoms with van der Waals surface area (Å²) in [5.41, 5.74) is 4.67. The standard InChI is InChI=1S/C12H18N4O/c1-17-8-9-2-4-10(5-3-9)14-12(16-13)15-11-6-7-11/h2-5,11H,6-8,13H2,1H3,(H2,14,15,16). The molecule has 0 amide bonds. The van der Waals surface area contributed by atoms with E-state index in [0.29, 0.717) is 18.6 Å². The maximum Gasteiger partial charge on any atom is 0.210 e. The topological polar surface area (TPSA) is 71.7 Å². The molecule has 1 aromatic rings. The quantitative estimate of drug-likeness (QED) is 0.317. The average molecular weight is 234 g/mol. The minimum Gasteiger partial charge on any atom is -0.380 e. The summed E-state index contributed by atoms with van der Waals surface area (Å²) in [7, 11) is 1.69. The minimum atomic E-state index is 0.432. The smallest absolute Gasteiger partial charge is 0.210 e. The van der Waals surface area contributed by atoms with E-state index < -0.39 is 0 Å². The van der Waals surface area contributed by atoms with Crippen LogP contribution in [0, 0.1) is 0 Å². The van der Waals surface area contributed by atoms with Gasteiger partial charge in [-0.2, -0.15) is 0 Å². The Hall–Kier alpha value is -1.59. The molecule has 2 rings (SSSR count). The SMILES string of the molecule is COCc1ccc(NC(=NC2CC2)NN)cc1. The largest absolute Gasteiger partial charge is 0.380 e. The van der Waals surface area contributed by atoms with Gasteiger partial charge in [-0.25, -0.2) is 10.8 Å². The zero-order valence-corrected chi connectivity index (χ0v) is 9.94. The van der Waals surface area contributed by atoms with E-state index in [2.05, 4.69) is 15.7 Å². The first kappa shape index (κ1) is 11.9. The number of rotatable bonds is 4. The lowest BCUT2D eigenvalue weighted by molar-refractivity contribution is 0.185. The van der Waals surface area contributed by atoms with Gasteiger partial charge in [0, 0.05) is 12.8 Å². The molecular weight excluding hydrogens is 216 g/mol. The number of hydrogen-bond acceptors (Lipinski definition) is 3. The average Bonchev–Trinajstić information content (AvgIpc) is 3.15. The van der Waals surface area contributed by atoms with Gasteiger partial charge in [0.25, 0.3) is 0 Å². The Morgan fingerprint density at radius 2 is 2.12 bits per heavy atom. The van der Waals surface area contributed by atoms with Crippen molar-refractivity contribution >= 4 is 11.6 Å². The van der Waals surface area contributed by atoms with Crippen LogP contribution in [0.5, 0.6) is 0 Å². The lowest BCUT2D eigenvalue weighted by Crippen LogP contribution is -2.36. The van der Waals surface area contributed by atoms with Gasteiger partial charge in [0.15, 0.2) is 0 Å². The summed E-state index contributed by atoms with van der Waals surface area (Å²) in [5.74, 6) is 6.03. The van der Waals surface area contributed by atoms with E-state index in [1.165, 1.54) is 0 Å². The molecule has 1 aliphatic carbocycles. The number of guanidine groups is 1. The Morgan fingerprint density at radius 3 is 2.65 bits per heavy atom. The second kappa shape index (κ2) is 5.65. The molecule has 92 valence electrons. The van der Waals surface area contributed by atoms with E-state index in [1.807, 2.05) is 24.3 Å². The molecule has 1 aromatic carbocycles. The van der Waals surface area contributed by atoms with E-state index in [1.54, 1.807) is 7.11 Å². The maximum absolute atomic E-state index is 5.41. The van der Waals surface area contributed by atoms with Crippen LogP contribution in [0.3, 0.4) is 0 Å². The van der Waals surface area contributed by atoms with Gasteiger partial charge in [-0.3, -0.25) is 5.43 Å². The van der Waals surface area contributed by atoms with Gasteiger partial charge in [-0.1, -0.05) is 12.1 Å². The van der Waals surface area contributed by atoms with Gasteiger partial charge in [0.2, 0.25) is 5.96 Å². The number of hydrazine groups is 1. The van der Waals surface area contributed by atoms with Gasteiger partial charge in [-0.05, 0) is 30.5 Å². The van der Waals surface area contributed by atoms with Crippen LogP contribution in [0.25, 0.3) is 0 Å². The zero-order valence-electron chi connectivity index (χ0n) is 9.94. The molecule has 17 heavy (non-hydrogen) atoms. The Morgan fingerprint density at radius 1 is 1.41 bits per heavy atom. The normalized spacial score (nSPS) is 15.8. The van der Waals surface area contributed by atoms with Crippen LogP contribution in [-0.2, 0) is 11.3 Å². The van der Waals surface area contributed by atoms with Crippen LogP contribution >= 0.6 is 0 Å². The number of hydrogen-bond donors (Lipinski definition) is 3. The van der Waals surface area contributed by atoms with Crippen molar-refractivity contribution in [3.05, 3.63) is 29.8 Å². The van der Waals surface area contributed by atoms with Crippen molar-refractivity contribution in [2.24, 2.45) is 10.8 Å². The third kappa shape index (κ3) is 3.72. The Labute approximate surface area is 101 Å². The fourth-order valence-corrected chi connectivity index (χ4v) is 1.48. The number of nitrogens with two attached hydrogens (primary N) is 1. The number of nitrogens with zero attached hydrogens (tertiary/aromatic N) is 1. The van der Waals surface area contributed by atoms with E-state index in [4.69, 9.17) is 10.6 Å². The second-order valence-corrected chi connectivity index (χ2v) is 4.11. The predicted molar refractivity (Wildman–Crippen MR) is 68.6 cm³/mol. The molecule has 0 atom stereocenters. The molecule has 0 aliphatic heterocycles. The van der Waals surface area contributed by atoms with Crippen molar-refractivity contribution in [1.82, 2.24) is 5.43 Å². The van der Waals surface area contributed by atoms with Gasteiger partial charge in [0.1, 0.15) is 0 Å². The lowest BCUT2D eigenvalue weighted by Gasteiger charge is -2.09. The molecule has 0 bridgehead atoms. The molecule has 5 heteroatoms. The summed E-state index contributed by atoms with van der Waals surface area (Å²) >= 11 is 0. The molecule has 0 aromatic heterocycles. The maximum atomic E-state index is 5.41. The summed E-state index contributed by atoms with van der Waals surface area (Å²) in [5, 5.41) is 3.14. The first-order valence-electron chi connectivity index (χ1n) is 5.71. The first-order chi connectivity index (χ1) is 8.31. The molecule has 5 nitrogen and oxygen atoms in total. The molecule has 0 spiro atoms. The summed E-state index contributed by atoms with van der Waals surface area (Å²) in [4.78, 5) is 4.41. The van der Waals surface area contributed by atoms with E-state index >= 15 is 0 Å². The highest BCUT2D eigenvalue weighted by Gasteiger charge is 2.20. The van der Waals surface area contributed by atoms with E-state index in [9.17, 15) is 0 Å². The highest BCUT2D eigenvalue weighted by molar-refractivity contribution is 5.93. The minimum absolute atomic E-state index is 0.432. The molecule has 0 radical (unpaired) electrons. The van der Waals surface area contributed by atoms with E-state index in [0.717, 1.165) is 24.1 Å². The Kier molecular flexibility index (Phi) is 3.95. The molecule has 0 unspecified atom stereocenters. The number of aliphatic imine (C=N–C) groups is 1. The van der Waals surface area contributed by atoms with Crippen LogP contribution < -0.4 is 16.6 Å². The van der Waals surface area contributed by atoms with Crippen LogP contribution in [0.4, 0.5) is 5.69 Å². The summed E-state index contributed by atoms with van der Waals surface area (Å²) in [6.45, 7) is 0.623. The van der Waals surface area contributed by atoms with Crippen molar-refractivity contribution < 1.29 is 4.74 Å². The highest BCUT2D eigenvalue weighted by atomic mass is 16.5. The van der Waals surface area contributed by atoms with Crippen molar-refractivity contribution in [2.45, 2.75) is 25.5 Å². The highest BCUT2D eigenvalue weighted by Crippen LogP contribution is 2.23. The fourth-order valence-electron chi connectivity index (χ4n) is 1.48. The molecule has 0 heterocycles. The first-order valence-corrected chi connectivity index (χ1v) is 5.71. The lowest BCUT2D eigenvalue weighted by atomic mass is 10.2. The number of nitrogens with one attached hydrogen (secondary N) is 2. The molecular formula is C12H18N4O. The third-order valence-corrected chi connectivity index (χ3v) is 2.52. The third-order valence-electron chi connectivity index (χ3n) is 2.52. The molecule has 1 fully saturated rings. The van der Waals surface area contributed by atoms with E-state index in [-0.39, 0.29) is 0 Å². The summed E-state index contributed by atoms with van der Waals surface area (Å²) in [6.07, 6.45) is 2.30. The predicted octanol–water partition coefficient (Wildman–Crippen LogP) is 1.23. The zero-order chi connectivity index (χ0) is 12.1. The van der Waals surface area contributed by atoms with Crippen molar-refractivity contribution in [3.8, 4) is 0 Å². The van der Waals surface area contributed by atoms with Crippen molar-refractivity contribution in [1.29, 1.82) is 0 Å². The molecule has 1 saturated carbocycles. The van der Waals surface area contributed by atoms with Crippen LogP contribution in [0.1, 0.15) is 18.4 Å². The van der Waals surface area contributed by atoms with Crippen LogP contribution in [0.2, 0.25) is 0 Å². The van der Waals surface area contributed by atoms with Crippen LogP contribution in [-0.4, -0.2) is 19.1 Å². The van der Waals surface area contributed by atoms with Crippen molar-refractivity contribution in [3.63, 3.8) is 0 Å². The van der Waals surface area contributed by atoms with Gasteiger partial charge in [-0.15, -0.1) is 0 Å². The fraction of sp³-hybridized carbons (Fsp3) is 0.417. The monoisotopic (exact) mass is 234 g/mol. The molecule has 4 N–H and O–H groups in total. The number of methoxy groups -OCH3 is 1. The van der Waals surface area contributed by atoms with Crippen molar-refractivity contribution in [2.75, 3.05) is 12.4 Å². The Balaban J connectivity index is 1.96. The Bertz CT molecular complexity index is 384. The molecule has 1 aliphatic rings. The number of anilines is 1. The summed E-state index contributed by atoms with van der Waals surface area (Å²) in [6, 6.07) is 8.41. The van der Waals surface area contributed by atoms with Gasteiger partial charge in [0.05, 0.1) is 12.6 Å². The molecule has 0 saturated heterocycles.